The van der Waals surface area contributed by atoms with Crippen molar-refractivity contribution in [1.29, 1.82) is 5.26 Å². The summed E-state index contributed by atoms with van der Waals surface area (Å²) in [4.78, 5) is 12.9. The van der Waals surface area contributed by atoms with Crippen LogP contribution in [0.25, 0.3) is 0 Å². The highest BCUT2D eigenvalue weighted by molar-refractivity contribution is 7.89. The molecule has 3 rings (SSSR count). The topological polar surface area (TPSA) is 90.3 Å². The molecule has 1 fully saturated rings. The van der Waals surface area contributed by atoms with E-state index in [4.69, 9.17) is 5.26 Å². The molecule has 6 nitrogen and oxygen atoms in total. The number of nitriles is 1. The molecule has 1 saturated heterocycles. The van der Waals surface area contributed by atoms with Crippen molar-refractivity contribution in [3.8, 4) is 6.07 Å². The molecule has 152 valence electrons. The molecule has 1 N–H and O–H groups in total. The summed E-state index contributed by atoms with van der Waals surface area (Å²) in [6.07, 6.45) is 0.955. The number of benzene rings is 2. The SMILES string of the molecule is Cc1cc(C)c(NC(=O)C2CCN(S(=O)(=O)c3ccc(C#N)cc3)CC2)c(C)c1. The van der Waals surface area contributed by atoms with Crippen LogP contribution in [0.3, 0.4) is 0 Å². The van der Waals surface area contributed by atoms with Crippen molar-refractivity contribution < 1.29 is 13.2 Å². The number of aryl methyl sites for hydroxylation is 3. The van der Waals surface area contributed by atoms with E-state index >= 15 is 0 Å². The third-order valence-corrected chi connectivity index (χ3v) is 7.28. The Hall–Kier alpha value is -2.69. The minimum absolute atomic E-state index is 0.0597. The Morgan fingerprint density at radius 1 is 1.07 bits per heavy atom. The summed E-state index contributed by atoms with van der Waals surface area (Å²) in [6.45, 7) is 6.57. The van der Waals surface area contributed by atoms with Gasteiger partial charge in [-0.3, -0.25) is 4.79 Å². The van der Waals surface area contributed by atoms with Crippen molar-refractivity contribution in [2.75, 3.05) is 18.4 Å². The average Bonchev–Trinajstić information content (AvgIpc) is 2.70. The maximum atomic E-state index is 12.8. The van der Waals surface area contributed by atoms with Crippen molar-refractivity contribution in [1.82, 2.24) is 4.31 Å². The normalized spacial score (nSPS) is 15.7. The first-order valence-electron chi connectivity index (χ1n) is 9.61. The first-order valence-corrected chi connectivity index (χ1v) is 11.1. The molecule has 0 radical (unpaired) electrons. The van der Waals surface area contributed by atoms with E-state index < -0.39 is 10.0 Å². The van der Waals surface area contributed by atoms with Crippen molar-refractivity contribution >= 4 is 21.6 Å². The quantitative estimate of drug-likeness (QED) is 0.833. The van der Waals surface area contributed by atoms with Crippen LogP contribution in [0, 0.1) is 38.0 Å². The van der Waals surface area contributed by atoms with E-state index in [0.717, 1.165) is 22.4 Å². The predicted octanol–water partition coefficient (Wildman–Crippen LogP) is 3.52. The smallest absolute Gasteiger partial charge is 0.243 e. The van der Waals surface area contributed by atoms with E-state index in [1.54, 1.807) is 0 Å². The molecule has 2 aromatic rings. The molecular formula is C22H25N3O3S. The fourth-order valence-electron chi connectivity index (χ4n) is 3.81. The van der Waals surface area contributed by atoms with Crippen molar-refractivity contribution in [2.24, 2.45) is 5.92 Å². The molecule has 0 unspecified atom stereocenters. The van der Waals surface area contributed by atoms with Crippen LogP contribution in [0.2, 0.25) is 0 Å². The van der Waals surface area contributed by atoms with Crippen LogP contribution >= 0.6 is 0 Å². The second kappa shape index (κ2) is 8.36. The number of piperidine rings is 1. The van der Waals surface area contributed by atoms with Crippen LogP contribution in [0.5, 0.6) is 0 Å². The summed E-state index contributed by atoms with van der Waals surface area (Å²) >= 11 is 0. The maximum Gasteiger partial charge on any atom is 0.243 e. The Kier molecular flexibility index (Phi) is 6.06. The van der Waals surface area contributed by atoms with Gasteiger partial charge >= 0.3 is 0 Å². The van der Waals surface area contributed by atoms with Crippen LogP contribution in [0.4, 0.5) is 5.69 Å². The van der Waals surface area contributed by atoms with Gasteiger partial charge in [0.15, 0.2) is 0 Å². The number of hydrogen-bond donors (Lipinski definition) is 1. The zero-order chi connectivity index (χ0) is 21.2. The Morgan fingerprint density at radius 3 is 2.14 bits per heavy atom. The molecule has 1 aliphatic heterocycles. The highest BCUT2D eigenvalue weighted by atomic mass is 32.2. The Bertz CT molecular complexity index is 1040. The van der Waals surface area contributed by atoms with Gasteiger partial charge in [0.25, 0.3) is 0 Å². The molecule has 1 amide bonds. The highest BCUT2D eigenvalue weighted by Gasteiger charge is 2.32. The summed E-state index contributed by atoms with van der Waals surface area (Å²) in [5.74, 6) is -0.280. The van der Waals surface area contributed by atoms with Gasteiger partial charge in [0.2, 0.25) is 15.9 Å². The number of carbonyl (C=O) groups is 1. The van der Waals surface area contributed by atoms with Crippen molar-refractivity contribution in [3.05, 3.63) is 58.7 Å². The standard InChI is InChI=1S/C22H25N3O3S/c1-15-12-16(2)21(17(3)13-15)24-22(26)19-8-10-25(11-9-19)29(27,28)20-6-4-18(14-23)5-7-20/h4-7,12-13,19H,8-11H2,1-3H3,(H,24,26). The summed E-state index contributed by atoms with van der Waals surface area (Å²) in [6, 6.07) is 12.0. The average molecular weight is 412 g/mol. The zero-order valence-electron chi connectivity index (χ0n) is 16.9. The number of rotatable bonds is 4. The lowest BCUT2D eigenvalue weighted by molar-refractivity contribution is -0.120. The Labute approximate surface area is 172 Å². The van der Waals surface area contributed by atoms with Crippen LogP contribution in [-0.2, 0) is 14.8 Å². The summed E-state index contributed by atoms with van der Waals surface area (Å²) in [7, 11) is -3.62. The Balaban J connectivity index is 1.65. The fraction of sp³-hybridized carbons (Fsp3) is 0.364. The van der Waals surface area contributed by atoms with Gasteiger partial charge in [0.1, 0.15) is 0 Å². The second-order valence-corrected chi connectivity index (χ2v) is 9.52. The lowest BCUT2D eigenvalue weighted by atomic mass is 9.96. The number of nitrogens with one attached hydrogen (secondary N) is 1. The molecule has 0 saturated carbocycles. The minimum atomic E-state index is -3.62. The third-order valence-electron chi connectivity index (χ3n) is 5.37. The van der Waals surface area contributed by atoms with Gasteiger partial charge in [0, 0.05) is 24.7 Å². The first-order chi connectivity index (χ1) is 13.7. The fourth-order valence-corrected chi connectivity index (χ4v) is 5.28. The van der Waals surface area contributed by atoms with Crippen molar-refractivity contribution in [3.63, 3.8) is 0 Å². The van der Waals surface area contributed by atoms with Gasteiger partial charge < -0.3 is 5.32 Å². The van der Waals surface area contributed by atoms with Gasteiger partial charge in [0.05, 0.1) is 16.5 Å². The predicted molar refractivity (Wildman–Crippen MR) is 112 cm³/mol. The van der Waals surface area contributed by atoms with Crippen LogP contribution < -0.4 is 5.32 Å². The number of sulfonamides is 1. The van der Waals surface area contributed by atoms with Gasteiger partial charge in [-0.2, -0.15) is 9.57 Å². The lowest BCUT2D eigenvalue weighted by Crippen LogP contribution is -2.41. The number of amides is 1. The number of carbonyl (C=O) groups excluding carboxylic acids is 1. The lowest BCUT2D eigenvalue weighted by Gasteiger charge is -2.30. The van der Waals surface area contributed by atoms with E-state index in [1.165, 1.54) is 28.6 Å². The monoisotopic (exact) mass is 411 g/mol. The molecule has 0 bridgehead atoms. The van der Waals surface area contributed by atoms with Gasteiger partial charge in [-0.05, 0) is 69.0 Å². The summed E-state index contributed by atoms with van der Waals surface area (Å²) in [5.41, 5.74) is 4.46. The molecule has 0 aliphatic carbocycles. The van der Waals surface area contributed by atoms with Crippen molar-refractivity contribution in [2.45, 2.75) is 38.5 Å². The molecule has 0 aromatic heterocycles. The van der Waals surface area contributed by atoms with E-state index in [-0.39, 0.29) is 16.7 Å². The van der Waals surface area contributed by atoms with E-state index in [9.17, 15) is 13.2 Å². The first kappa shape index (κ1) is 21.0. The summed E-state index contributed by atoms with van der Waals surface area (Å²) < 4.78 is 27.1. The van der Waals surface area contributed by atoms with E-state index in [2.05, 4.69) is 5.32 Å². The molecule has 1 aliphatic rings. The largest absolute Gasteiger partial charge is 0.325 e. The molecule has 29 heavy (non-hydrogen) atoms. The van der Waals surface area contributed by atoms with Gasteiger partial charge in [-0.15, -0.1) is 0 Å². The summed E-state index contributed by atoms with van der Waals surface area (Å²) in [5, 5.41) is 11.9. The van der Waals surface area contributed by atoms with Crippen LogP contribution in [0.15, 0.2) is 41.3 Å². The molecule has 7 heteroatoms. The van der Waals surface area contributed by atoms with Gasteiger partial charge in [-0.25, -0.2) is 8.42 Å². The maximum absolute atomic E-state index is 12.8. The van der Waals surface area contributed by atoms with Crippen LogP contribution in [-0.4, -0.2) is 31.7 Å². The third kappa shape index (κ3) is 4.50. The van der Waals surface area contributed by atoms with Gasteiger partial charge in [-0.1, -0.05) is 17.7 Å². The molecule has 1 heterocycles. The van der Waals surface area contributed by atoms with Crippen LogP contribution in [0.1, 0.15) is 35.1 Å². The zero-order valence-corrected chi connectivity index (χ0v) is 17.7. The minimum Gasteiger partial charge on any atom is -0.325 e. The van der Waals surface area contributed by atoms with E-state index in [1.807, 2.05) is 39.0 Å². The molecule has 0 spiro atoms. The molecular weight excluding hydrogens is 386 g/mol. The Morgan fingerprint density at radius 2 is 1.62 bits per heavy atom. The number of nitrogens with zero attached hydrogens (tertiary/aromatic N) is 2. The molecule has 2 aromatic carbocycles. The highest BCUT2D eigenvalue weighted by Crippen LogP contribution is 2.27. The second-order valence-electron chi connectivity index (χ2n) is 7.58. The molecule has 0 atom stereocenters. The number of hydrogen-bond acceptors (Lipinski definition) is 4. The van der Waals surface area contributed by atoms with E-state index in [0.29, 0.717) is 31.5 Å². The number of anilines is 1.